The van der Waals surface area contributed by atoms with E-state index in [0.717, 1.165) is 37.6 Å². The van der Waals surface area contributed by atoms with E-state index in [9.17, 15) is 13.2 Å². The minimum atomic E-state index is -1.06. The normalized spacial score (nSPS) is 14.8. The van der Waals surface area contributed by atoms with Gasteiger partial charge >= 0.3 is 0 Å². The Labute approximate surface area is 131 Å². The largest absolute Gasteiger partial charge is 0.483 e. The van der Waals surface area contributed by atoms with Crippen LogP contribution >= 0.6 is 0 Å². The second-order valence-corrected chi connectivity index (χ2v) is 5.21. The van der Waals surface area contributed by atoms with Gasteiger partial charge in [0, 0.05) is 50.1 Å². The number of nitrogens with zero attached hydrogens (tertiary/aromatic N) is 2. The molecule has 23 heavy (non-hydrogen) atoms. The van der Waals surface area contributed by atoms with Crippen molar-refractivity contribution >= 4 is 5.82 Å². The number of aromatic nitrogens is 1. The second-order valence-electron chi connectivity index (χ2n) is 5.21. The monoisotopic (exact) mass is 323 g/mol. The zero-order valence-corrected chi connectivity index (χ0v) is 12.4. The zero-order chi connectivity index (χ0) is 16.2. The second kappa shape index (κ2) is 6.87. The highest BCUT2D eigenvalue weighted by Crippen LogP contribution is 2.25. The summed E-state index contributed by atoms with van der Waals surface area (Å²) in [6.45, 7) is 3.23. The van der Waals surface area contributed by atoms with Crippen LogP contribution in [0.4, 0.5) is 19.0 Å². The number of hydrogen-bond donors (Lipinski definition) is 1. The highest BCUT2D eigenvalue weighted by atomic mass is 19.1. The molecule has 0 amide bonds. The molecule has 1 fully saturated rings. The Morgan fingerprint density at radius 2 is 1.83 bits per heavy atom. The van der Waals surface area contributed by atoms with E-state index in [2.05, 4.69) is 15.2 Å². The number of hydrogen-bond acceptors (Lipinski definition) is 4. The lowest BCUT2D eigenvalue weighted by molar-refractivity contribution is 0.272. The number of pyridine rings is 1. The maximum Gasteiger partial charge on any atom is 0.191 e. The standard InChI is InChI=1S/C16H16F3N3O/c17-12-8-13(18)15(14(19)9-12)23-10-11-2-1-3-21-16(11)22-6-4-20-5-7-22/h1-3,8-9,20H,4-7,10H2. The van der Waals surface area contributed by atoms with Gasteiger partial charge in [0.2, 0.25) is 0 Å². The quantitative estimate of drug-likeness (QED) is 0.938. The van der Waals surface area contributed by atoms with Crippen LogP contribution in [0, 0.1) is 17.5 Å². The molecule has 0 saturated carbocycles. The first-order valence-electron chi connectivity index (χ1n) is 7.32. The fourth-order valence-electron chi connectivity index (χ4n) is 2.52. The lowest BCUT2D eigenvalue weighted by Gasteiger charge is -2.29. The van der Waals surface area contributed by atoms with Crippen LogP contribution in [0.3, 0.4) is 0 Å². The van der Waals surface area contributed by atoms with E-state index >= 15 is 0 Å². The maximum atomic E-state index is 13.6. The van der Waals surface area contributed by atoms with Crippen molar-refractivity contribution in [3.05, 3.63) is 53.5 Å². The molecule has 0 spiro atoms. The number of ether oxygens (including phenoxy) is 1. The predicted molar refractivity (Wildman–Crippen MR) is 80.0 cm³/mol. The summed E-state index contributed by atoms with van der Waals surface area (Å²) in [6.07, 6.45) is 1.67. The summed E-state index contributed by atoms with van der Waals surface area (Å²) in [7, 11) is 0. The number of benzene rings is 1. The molecule has 0 atom stereocenters. The van der Waals surface area contributed by atoms with Crippen LogP contribution in [0.2, 0.25) is 0 Å². The first-order valence-corrected chi connectivity index (χ1v) is 7.32. The smallest absolute Gasteiger partial charge is 0.191 e. The third-order valence-corrected chi connectivity index (χ3v) is 3.62. The SMILES string of the molecule is Fc1cc(F)c(OCc2cccnc2N2CCNCC2)c(F)c1. The lowest BCUT2D eigenvalue weighted by Crippen LogP contribution is -2.44. The molecule has 0 bridgehead atoms. The number of nitrogens with one attached hydrogen (secondary N) is 1. The minimum Gasteiger partial charge on any atom is -0.483 e. The van der Waals surface area contributed by atoms with Crippen molar-refractivity contribution < 1.29 is 17.9 Å². The molecule has 2 aromatic rings. The van der Waals surface area contributed by atoms with Gasteiger partial charge in [0.25, 0.3) is 0 Å². The molecule has 3 rings (SSSR count). The number of anilines is 1. The third-order valence-electron chi connectivity index (χ3n) is 3.62. The van der Waals surface area contributed by atoms with Crippen LogP contribution in [-0.4, -0.2) is 31.2 Å². The summed E-state index contributed by atoms with van der Waals surface area (Å²) in [5.41, 5.74) is 0.720. The van der Waals surface area contributed by atoms with Gasteiger partial charge in [-0.05, 0) is 6.07 Å². The minimum absolute atomic E-state index is 0.0490. The molecule has 1 aromatic heterocycles. The highest BCUT2D eigenvalue weighted by Gasteiger charge is 2.17. The molecule has 1 N–H and O–H groups in total. The van der Waals surface area contributed by atoms with Gasteiger partial charge < -0.3 is 15.0 Å². The predicted octanol–water partition coefficient (Wildman–Crippen LogP) is 2.49. The molecule has 1 saturated heterocycles. The van der Waals surface area contributed by atoms with Crippen molar-refractivity contribution in [1.82, 2.24) is 10.3 Å². The highest BCUT2D eigenvalue weighted by molar-refractivity contribution is 5.47. The molecule has 7 heteroatoms. The van der Waals surface area contributed by atoms with E-state index in [1.165, 1.54) is 0 Å². The van der Waals surface area contributed by atoms with Crippen molar-refractivity contribution in [3.8, 4) is 5.75 Å². The third kappa shape index (κ3) is 3.56. The van der Waals surface area contributed by atoms with Gasteiger partial charge in [-0.15, -0.1) is 0 Å². The Kier molecular flexibility index (Phi) is 4.66. The van der Waals surface area contributed by atoms with E-state index < -0.39 is 23.2 Å². The molecule has 0 aliphatic carbocycles. The Bertz CT molecular complexity index is 667. The van der Waals surface area contributed by atoms with Crippen LogP contribution in [0.25, 0.3) is 0 Å². The zero-order valence-electron chi connectivity index (χ0n) is 12.4. The summed E-state index contributed by atoms with van der Waals surface area (Å²) < 4.78 is 45.4. The molecule has 2 heterocycles. The summed E-state index contributed by atoms with van der Waals surface area (Å²) in [5, 5.41) is 3.25. The number of piperazine rings is 1. The van der Waals surface area contributed by atoms with Crippen LogP contribution in [0.15, 0.2) is 30.5 Å². The fourth-order valence-corrected chi connectivity index (χ4v) is 2.52. The lowest BCUT2D eigenvalue weighted by atomic mass is 10.2. The van der Waals surface area contributed by atoms with Crippen molar-refractivity contribution in [2.24, 2.45) is 0 Å². The van der Waals surface area contributed by atoms with E-state index in [1.54, 1.807) is 18.3 Å². The first-order chi connectivity index (χ1) is 11.1. The molecule has 1 aliphatic rings. The molecule has 1 aromatic carbocycles. The van der Waals surface area contributed by atoms with Gasteiger partial charge in [0.15, 0.2) is 17.4 Å². The Morgan fingerprint density at radius 1 is 1.13 bits per heavy atom. The Morgan fingerprint density at radius 3 is 2.52 bits per heavy atom. The van der Waals surface area contributed by atoms with Gasteiger partial charge in [-0.25, -0.2) is 18.2 Å². The Balaban J connectivity index is 1.79. The number of halogens is 3. The average Bonchev–Trinajstić information content (AvgIpc) is 2.55. The van der Waals surface area contributed by atoms with E-state index in [4.69, 9.17) is 4.74 Å². The topological polar surface area (TPSA) is 37.4 Å². The van der Waals surface area contributed by atoms with Crippen molar-refractivity contribution in [2.75, 3.05) is 31.1 Å². The molecule has 4 nitrogen and oxygen atoms in total. The molecular formula is C16H16F3N3O. The van der Waals surface area contributed by atoms with Crippen molar-refractivity contribution in [3.63, 3.8) is 0 Å². The van der Waals surface area contributed by atoms with Crippen LogP contribution in [0.1, 0.15) is 5.56 Å². The van der Waals surface area contributed by atoms with E-state index in [-0.39, 0.29) is 6.61 Å². The van der Waals surface area contributed by atoms with Gasteiger partial charge in [-0.2, -0.15) is 0 Å². The van der Waals surface area contributed by atoms with Gasteiger partial charge in [0.1, 0.15) is 18.2 Å². The van der Waals surface area contributed by atoms with Crippen molar-refractivity contribution in [2.45, 2.75) is 6.61 Å². The fraction of sp³-hybridized carbons (Fsp3) is 0.312. The summed E-state index contributed by atoms with van der Waals surface area (Å²) in [5.74, 6) is -2.95. The van der Waals surface area contributed by atoms with Gasteiger partial charge in [0.05, 0.1) is 0 Å². The number of rotatable bonds is 4. The van der Waals surface area contributed by atoms with Crippen molar-refractivity contribution in [1.29, 1.82) is 0 Å². The Hall–Kier alpha value is -2.28. The molecular weight excluding hydrogens is 307 g/mol. The van der Waals surface area contributed by atoms with Crippen LogP contribution in [0.5, 0.6) is 5.75 Å². The molecule has 0 radical (unpaired) electrons. The average molecular weight is 323 g/mol. The first kappa shape index (κ1) is 15.6. The summed E-state index contributed by atoms with van der Waals surface area (Å²) in [6, 6.07) is 4.73. The van der Waals surface area contributed by atoms with E-state index in [1.807, 2.05) is 0 Å². The van der Waals surface area contributed by atoms with E-state index in [0.29, 0.717) is 12.1 Å². The van der Waals surface area contributed by atoms with Crippen LogP contribution in [-0.2, 0) is 6.61 Å². The van der Waals surface area contributed by atoms with Gasteiger partial charge in [-0.1, -0.05) is 6.07 Å². The molecule has 122 valence electrons. The summed E-state index contributed by atoms with van der Waals surface area (Å²) in [4.78, 5) is 6.43. The maximum absolute atomic E-state index is 13.6. The summed E-state index contributed by atoms with van der Waals surface area (Å²) >= 11 is 0. The van der Waals surface area contributed by atoms with Gasteiger partial charge in [-0.3, -0.25) is 0 Å². The molecule has 0 unspecified atom stereocenters. The molecule has 1 aliphatic heterocycles. The van der Waals surface area contributed by atoms with Crippen LogP contribution < -0.4 is 15.0 Å².